The molecule has 0 unspecified atom stereocenters. The van der Waals surface area contributed by atoms with Crippen LogP contribution in [0.3, 0.4) is 0 Å². The number of fused-ring (bicyclic) bond motifs is 4. The molecule has 53 heavy (non-hydrogen) atoms. The molecular formula is C49H32N4. The van der Waals surface area contributed by atoms with Crippen LogP contribution in [0.15, 0.2) is 194 Å². The van der Waals surface area contributed by atoms with Crippen LogP contribution in [0.4, 0.5) is 0 Å². The number of nitrogens with zero attached hydrogens (tertiary/aromatic N) is 4. The molecule has 0 saturated carbocycles. The number of hydrogen-bond donors (Lipinski definition) is 0. The maximum Gasteiger partial charge on any atom is 0.164 e. The molecule has 10 aromatic rings. The summed E-state index contributed by atoms with van der Waals surface area (Å²) >= 11 is 0. The number of rotatable bonds is 6. The minimum absolute atomic E-state index is 0.644. The van der Waals surface area contributed by atoms with E-state index in [9.17, 15) is 0 Å². The van der Waals surface area contributed by atoms with Crippen molar-refractivity contribution in [3.8, 4) is 62.1 Å². The zero-order valence-corrected chi connectivity index (χ0v) is 28.8. The van der Waals surface area contributed by atoms with Crippen molar-refractivity contribution < 1.29 is 0 Å². The van der Waals surface area contributed by atoms with Crippen LogP contribution in [0.2, 0.25) is 0 Å². The smallest absolute Gasteiger partial charge is 0.164 e. The highest BCUT2D eigenvalue weighted by molar-refractivity contribution is 6.12. The fourth-order valence-corrected chi connectivity index (χ4v) is 7.52. The molecule has 0 bridgehead atoms. The molecule has 0 radical (unpaired) electrons. The molecule has 4 nitrogen and oxygen atoms in total. The Morgan fingerprint density at radius 2 is 0.774 bits per heavy atom. The molecule has 0 saturated heterocycles. The van der Waals surface area contributed by atoms with Crippen molar-refractivity contribution in [3.63, 3.8) is 0 Å². The monoisotopic (exact) mass is 676 g/mol. The molecule has 248 valence electrons. The van der Waals surface area contributed by atoms with Crippen LogP contribution >= 0.6 is 0 Å². The van der Waals surface area contributed by atoms with E-state index in [1.54, 1.807) is 0 Å². The Morgan fingerprint density at radius 1 is 0.283 bits per heavy atom. The summed E-state index contributed by atoms with van der Waals surface area (Å²) in [6, 6.07) is 68.2. The zero-order chi connectivity index (χ0) is 35.1. The summed E-state index contributed by atoms with van der Waals surface area (Å²) in [4.78, 5) is 15.1. The predicted octanol–water partition coefficient (Wildman–Crippen LogP) is 12.5. The second kappa shape index (κ2) is 12.9. The standard InChI is InChI=1S/C49H32N4/c1-4-15-33(16-5-1)36-21-14-22-37(31-36)38-27-29-46-43(32-38)41-25-12-13-26-44(41)53(46)45-30-28-42(39-23-10-11-24-40(39)45)49-51-47(34-17-6-2-7-18-34)50-48(52-49)35-19-8-3-9-20-35/h1-32H. The van der Waals surface area contributed by atoms with Crippen molar-refractivity contribution in [1.82, 2.24) is 19.5 Å². The van der Waals surface area contributed by atoms with Crippen LogP contribution in [-0.4, -0.2) is 19.5 Å². The van der Waals surface area contributed by atoms with Gasteiger partial charge in [-0.25, -0.2) is 15.0 Å². The molecule has 0 fully saturated rings. The van der Waals surface area contributed by atoms with Gasteiger partial charge in [-0.2, -0.15) is 0 Å². The SMILES string of the molecule is c1ccc(-c2cccc(-c3ccc4c(c3)c3ccccc3n4-c3ccc(-c4nc(-c5ccccc5)nc(-c5ccccc5)n4)c4ccccc34)c2)cc1. The summed E-state index contributed by atoms with van der Waals surface area (Å²) in [6.07, 6.45) is 0. The summed E-state index contributed by atoms with van der Waals surface area (Å²) in [7, 11) is 0. The van der Waals surface area contributed by atoms with Gasteiger partial charge in [-0.15, -0.1) is 0 Å². The molecule has 4 heteroatoms. The summed E-state index contributed by atoms with van der Waals surface area (Å²) in [6.45, 7) is 0. The first-order valence-corrected chi connectivity index (χ1v) is 17.9. The van der Waals surface area contributed by atoms with Gasteiger partial charge in [-0.05, 0) is 64.0 Å². The van der Waals surface area contributed by atoms with Crippen LogP contribution in [0.1, 0.15) is 0 Å². The van der Waals surface area contributed by atoms with Crippen LogP contribution in [-0.2, 0) is 0 Å². The van der Waals surface area contributed by atoms with E-state index in [1.807, 2.05) is 60.7 Å². The molecule has 2 heterocycles. The molecule has 0 aliphatic carbocycles. The molecule has 2 aromatic heterocycles. The molecule has 8 aromatic carbocycles. The van der Waals surface area contributed by atoms with E-state index in [2.05, 4.69) is 138 Å². The van der Waals surface area contributed by atoms with E-state index in [0.29, 0.717) is 17.5 Å². The minimum atomic E-state index is 0.644. The van der Waals surface area contributed by atoms with Crippen molar-refractivity contribution in [3.05, 3.63) is 194 Å². The summed E-state index contributed by atoms with van der Waals surface area (Å²) in [5.41, 5.74) is 11.1. The Bertz CT molecular complexity index is 2870. The van der Waals surface area contributed by atoms with Crippen molar-refractivity contribution >= 4 is 32.6 Å². The third kappa shape index (κ3) is 5.45. The molecule has 10 rings (SSSR count). The van der Waals surface area contributed by atoms with Gasteiger partial charge in [0.2, 0.25) is 0 Å². The fraction of sp³-hybridized carbons (Fsp3) is 0. The molecular weight excluding hydrogens is 645 g/mol. The maximum atomic E-state index is 5.08. The molecule has 0 aliphatic rings. The van der Waals surface area contributed by atoms with Crippen molar-refractivity contribution in [2.45, 2.75) is 0 Å². The average molecular weight is 677 g/mol. The fourth-order valence-electron chi connectivity index (χ4n) is 7.52. The molecule has 0 atom stereocenters. The lowest BCUT2D eigenvalue weighted by molar-refractivity contribution is 1.08. The second-order valence-electron chi connectivity index (χ2n) is 13.2. The molecule has 0 aliphatic heterocycles. The van der Waals surface area contributed by atoms with Gasteiger partial charge in [0, 0.05) is 32.8 Å². The van der Waals surface area contributed by atoms with E-state index in [1.165, 1.54) is 33.0 Å². The normalized spacial score (nSPS) is 11.4. The number of benzene rings is 8. The highest BCUT2D eigenvalue weighted by atomic mass is 15.0. The van der Waals surface area contributed by atoms with Gasteiger partial charge in [-0.3, -0.25) is 0 Å². The zero-order valence-electron chi connectivity index (χ0n) is 28.8. The van der Waals surface area contributed by atoms with Gasteiger partial charge in [0.15, 0.2) is 17.5 Å². The minimum Gasteiger partial charge on any atom is -0.309 e. The first-order chi connectivity index (χ1) is 26.3. The van der Waals surface area contributed by atoms with Crippen LogP contribution in [0.5, 0.6) is 0 Å². The highest BCUT2D eigenvalue weighted by Gasteiger charge is 2.19. The van der Waals surface area contributed by atoms with E-state index in [4.69, 9.17) is 15.0 Å². The van der Waals surface area contributed by atoms with E-state index in [-0.39, 0.29) is 0 Å². The van der Waals surface area contributed by atoms with Gasteiger partial charge < -0.3 is 4.57 Å². The molecule has 0 spiro atoms. The lowest BCUT2D eigenvalue weighted by Crippen LogP contribution is -2.01. The third-order valence-corrected chi connectivity index (χ3v) is 10.1. The third-order valence-electron chi connectivity index (χ3n) is 10.1. The Hall–Kier alpha value is -7.17. The van der Waals surface area contributed by atoms with Gasteiger partial charge in [-0.1, -0.05) is 158 Å². The van der Waals surface area contributed by atoms with E-state index in [0.717, 1.165) is 44.2 Å². The van der Waals surface area contributed by atoms with Gasteiger partial charge in [0.05, 0.1) is 16.7 Å². The molecule has 0 N–H and O–H groups in total. The van der Waals surface area contributed by atoms with Crippen molar-refractivity contribution in [2.75, 3.05) is 0 Å². The first kappa shape index (κ1) is 30.6. The number of aromatic nitrogens is 4. The summed E-state index contributed by atoms with van der Waals surface area (Å²) in [5, 5.41) is 4.63. The summed E-state index contributed by atoms with van der Waals surface area (Å²) < 4.78 is 2.40. The molecule has 0 amide bonds. The van der Waals surface area contributed by atoms with Crippen LogP contribution in [0, 0.1) is 0 Å². The van der Waals surface area contributed by atoms with Crippen molar-refractivity contribution in [2.24, 2.45) is 0 Å². The maximum absolute atomic E-state index is 5.08. The van der Waals surface area contributed by atoms with Gasteiger partial charge >= 0.3 is 0 Å². The predicted molar refractivity (Wildman–Crippen MR) is 219 cm³/mol. The van der Waals surface area contributed by atoms with Gasteiger partial charge in [0.1, 0.15) is 0 Å². The highest BCUT2D eigenvalue weighted by Crippen LogP contribution is 2.39. The lowest BCUT2D eigenvalue weighted by atomic mass is 9.98. The Labute approximate surface area is 307 Å². The van der Waals surface area contributed by atoms with Crippen LogP contribution < -0.4 is 0 Å². The quantitative estimate of drug-likeness (QED) is 0.176. The van der Waals surface area contributed by atoms with Crippen molar-refractivity contribution in [1.29, 1.82) is 0 Å². The van der Waals surface area contributed by atoms with Gasteiger partial charge in [0.25, 0.3) is 0 Å². The van der Waals surface area contributed by atoms with Crippen LogP contribution in [0.25, 0.3) is 94.7 Å². The number of hydrogen-bond acceptors (Lipinski definition) is 3. The van der Waals surface area contributed by atoms with E-state index < -0.39 is 0 Å². The average Bonchev–Trinajstić information content (AvgIpc) is 3.57. The summed E-state index contributed by atoms with van der Waals surface area (Å²) in [5.74, 6) is 1.94. The lowest BCUT2D eigenvalue weighted by Gasteiger charge is -2.15. The Kier molecular flexibility index (Phi) is 7.43. The van der Waals surface area contributed by atoms with E-state index >= 15 is 0 Å². The first-order valence-electron chi connectivity index (χ1n) is 17.9. The second-order valence-corrected chi connectivity index (χ2v) is 13.2. The number of para-hydroxylation sites is 1. The Balaban J connectivity index is 1.15. The largest absolute Gasteiger partial charge is 0.309 e. The topological polar surface area (TPSA) is 43.6 Å². The Morgan fingerprint density at radius 3 is 1.45 bits per heavy atom.